The minimum absolute atomic E-state index is 0.530. The Morgan fingerprint density at radius 1 is 1.47 bits per heavy atom. The van der Waals surface area contributed by atoms with Crippen molar-refractivity contribution in [3.8, 4) is 0 Å². The number of aryl methyl sites for hydroxylation is 1. The molecule has 0 spiro atoms. The van der Waals surface area contributed by atoms with Crippen molar-refractivity contribution < 1.29 is 0 Å². The number of imidazole rings is 1. The first-order chi connectivity index (χ1) is 8.31. The molecule has 1 aliphatic rings. The van der Waals surface area contributed by atoms with Gasteiger partial charge in [0.15, 0.2) is 0 Å². The van der Waals surface area contributed by atoms with Crippen LogP contribution in [-0.4, -0.2) is 27.6 Å². The number of nitrogens with one attached hydrogen (secondary N) is 1. The normalized spacial score (nSPS) is 24.6. The van der Waals surface area contributed by atoms with Crippen molar-refractivity contribution in [2.75, 3.05) is 13.1 Å². The maximum absolute atomic E-state index is 4.78. The standard InChI is InChI=1S/C13H18N4/c1-3-17-12-4-5-14-8-11(12)16-13(17)10-7-15-6-9(10)2/h4-5,8-10,15H,3,6-7H2,1-2H3. The average molecular weight is 230 g/mol. The highest BCUT2D eigenvalue weighted by Gasteiger charge is 2.29. The number of hydrogen-bond donors (Lipinski definition) is 1. The van der Waals surface area contributed by atoms with Crippen molar-refractivity contribution in [2.45, 2.75) is 26.3 Å². The highest BCUT2D eigenvalue weighted by atomic mass is 15.1. The molecule has 17 heavy (non-hydrogen) atoms. The molecule has 3 rings (SSSR count). The maximum atomic E-state index is 4.78. The van der Waals surface area contributed by atoms with Crippen molar-refractivity contribution in [1.29, 1.82) is 0 Å². The summed E-state index contributed by atoms with van der Waals surface area (Å²) in [7, 11) is 0. The monoisotopic (exact) mass is 230 g/mol. The van der Waals surface area contributed by atoms with Crippen molar-refractivity contribution in [2.24, 2.45) is 5.92 Å². The van der Waals surface area contributed by atoms with E-state index in [0.717, 1.165) is 25.2 Å². The fourth-order valence-corrected chi connectivity index (χ4v) is 2.77. The van der Waals surface area contributed by atoms with E-state index in [4.69, 9.17) is 4.98 Å². The molecule has 1 fully saturated rings. The van der Waals surface area contributed by atoms with Crippen LogP contribution in [0, 0.1) is 5.92 Å². The lowest BCUT2D eigenvalue weighted by molar-refractivity contribution is 0.522. The second kappa shape index (κ2) is 4.11. The smallest absolute Gasteiger partial charge is 0.114 e. The van der Waals surface area contributed by atoms with Crippen LogP contribution in [0.3, 0.4) is 0 Å². The number of aromatic nitrogens is 3. The van der Waals surface area contributed by atoms with Gasteiger partial charge in [-0.3, -0.25) is 4.98 Å². The van der Waals surface area contributed by atoms with E-state index in [1.807, 2.05) is 12.4 Å². The third-order valence-electron chi connectivity index (χ3n) is 3.75. The molecule has 4 heteroatoms. The lowest BCUT2D eigenvalue weighted by Gasteiger charge is -2.15. The second-order valence-corrected chi connectivity index (χ2v) is 4.82. The molecule has 0 radical (unpaired) electrons. The van der Waals surface area contributed by atoms with Crippen LogP contribution in [0.15, 0.2) is 18.5 Å². The fourth-order valence-electron chi connectivity index (χ4n) is 2.77. The van der Waals surface area contributed by atoms with Crippen molar-refractivity contribution >= 4 is 11.0 Å². The molecule has 2 aromatic rings. The van der Waals surface area contributed by atoms with Gasteiger partial charge >= 0.3 is 0 Å². The first kappa shape index (κ1) is 10.7. The van der Waals surface area contributed by atoms with Crippen LogP contribution in [0.2, 0.25) is 0 Å². The molecule has 3 heterocycles. The minimum atomic E-state index is 0.530. The molecule has 0 aromatic carbocycles. The van der Waals surface area contributed by atoms with Gasteiger partial charge in [0, 0.05) is 25.2 Å². The van der Waals surface area contributed by atoms with Gasteiger partial charge in [-0.25, -0.2) is 4.98 Å². The van der Waals surface area contributed by atoms with Gasteiger partial charge in [-0.15, -0.1) is 0 Å². The van der Waals surface area contributed by atoms with Crippen molar-refractivity contribution in [3.63, 3.8) is 0 Å². The van der Waals surface area contributed by atoms with Crippen LogP contribution in [-0.2, 0) is 6.54 Å². The van der Waals surface area contributed by atoms with E-state index < -0.39 is 0 Å². The highest BCUT2D eigenvalue weighted by Crippen LogP contribution is 2.29. The Balaban J connectivity index is 2.15. The number of fused-ring (bicyclic) bond motifs is 1. The number of hydrogen-bond acceptors (Lipinski definition) is 3. The minimum Gasteiger partial charge on any atom is -0.328 e. The quantitative estimate of drug-likeness (QED) is 0.855. The summed E-state index contributed by atoms with van der Waals surface area (Å²) >= 11 is 0. The summed E-state index contributed by atoms with van der Waals surface area (Å²) in [6.07, 6.45) is 3.70. The van der Waals surface area contributed by atoms with Crippen LogP contribution in [0.1, 0.15) is 25.6 Å². The molecule has 90 valence electrons. The largest absolute Gasteiger partial charge is 0.328 e. The van der Waals surface area contributed by atoms with Gasteiger partial charge in [0.05, 0.1) is 11.7 Å². The van der Waals surface area contributed by atoms with Crippen molar-refractivity contribution in [3.05, 3.63) is 24.3 Å². The first-order valence-corrected chi connectivity index (χ1v) is 6.32. The van der Waals surface area contributed by atoms with Gasteiger partial charge in [-0.1, -0.05) is 6.92 Å². The van der Waals surface area contributed by atoms with E-state index in [1.165, 1.54) is 11.3 Å². The third-order valence-corrected chi connectivity index (χ3v) is 3.75. The molecule has 0 aliphatic carbocycles. The SMILES string of the molecule is CCn1c(C2CNCC2C)nc2cnccc21. The maximum Gasteiger partial charge on any atom is 0.114 e. The summed E-state index contributed by atoms with van der Waals surface area (Å²) in [5, 5.41) is 3.45. The number of nitrogens with zero attached hydrogens (tertiary/aromatic N) is 3. The molecule has 1 saturated heterocycles. The molecule has 0 bridgehead atoms. The average Bonchev–Trinajstić information content (AvgIpc) is 2.91. The molecule has 2 aromatic heterocycles. The summed E-state index contributed by atoms with van der Waals surface area (Å²) in [5.41, 5.74) is 2.22. The van der Waals surface area contributed by atoms with E-state index in [-0.39, 0.29) is 0 Å². The topological polar surface area (TPSA) is 42.7 Å². The number of pyridine rings is 1. The van der Waals surface area contributed by atoms with Crippen LogP contribution in [0.4, 0.5) is 0 Å². The van der Waals surface area contributed by atoms with Crippen molar-refractivity contribution in [1.82, 2.24) is 19.9 Å². The molecule has 1 aliphatic heterocycles. The van der Waals surface area contributed by atoms with Crippen LogP contribution < -0.4 is 5.32 Å². The Morgan fingerprint density at radius 2 is 2.35 bits per heavy atom. The molecule has 4 nitrogen and oxygen atoms in total. The summed E-state index contributed by atoms with van der Waals surface area (Å²) in [4.78, 5) is 8.93. The first-order valence-electron chi connectivity index (χ1n) is 6.32. The molecule has 0 saturated carbocycles. The molecule has 1 N–H and O–H groups in total. The summed E-state index contributed by atoms with van der Waals surface area (Å²) < 4.78 is 2.32. The van der Waals surface area contributed by atoms with Crippen LogP contribution in [0.25, 0.3) is 11.0 Å². The Hall–Kier alpha value is -1.42. The van der Waals surface area contributed by atoms with Gasteiger partial charge in [0.2, 0.25) is 0 Å². The molecule has 2 atom stereocenters. The Bertz CT molecular complexity index is 531. The molecular weight excluding hydrogens is 212 g/mol. The van der Waals surface area contributed by atoms with Crippen LogP contribution >= 0.6 is 0 Å². The summed E-state index contributed by atoms with van der Waals surface area (Å²) in [6, 6.07) is 2.06. The lowest BCUT2D eigenvalue weighted by Crippen LogP contribution is -2.14. The van der Waals surface area contributed by atoms with Crippen LogP contribution in [0.5, 0.6) is 0 Å². The highest BCUT2D eigenvalue weighted by molar-refractivity contribution is 5.74. The van der Waals surface area contributed by atoms with Gasteiger partial charge < -0.3 is 9.88 Å². The summed E-state index contributed by atoms with van der Waals surface area (Å²) in [6.45, 7) is 7.58. The third kappa shape index (κ3) is 1.63. The van der Waals surface area contributed by atoms with E-state index in [0.29, 0.717) is 11.8 Å². The zero-order chi connectivity index (χ0) is 11.8. The van der Waals surface area contributed by atoms with Gasteiger partial charge in [0.25, 0.3) is 0 Å². The Labute approximate surface area is 101 Å². The molecule has 2 unspecified atom stereocenters. The van der Waals surface area contributed by atoms with Gasteiger partial charge in [-0.2, -0.15) is 0 Å². The van der Waals surface area contributed by atoms with E-state index >= 15 is 0 Å². The predicted octanol–water partition coefficient (Wildman–Crippen LogP) is 1.77. The Kier molecular flexibility index (Phi) is 2.59. The molecule has 0 amide bonds. The predicted molar refractivity (Wildman–Crippen MR) is 68.0 cm³/mol. The summed E-state index contributed by atoms with van der Waals surface area (Å²) in [5.74, 6) is 2.40. The zero-order valence-corrected chi connectivity index (χ0v) is 10.3. The van der Waals surface area contributed by atoms with E-state index in [2.05, 4.69) is 34.8 Å². The number of rotatable bonds is 2. The second-order valence-electron chi connectivity index (χ2n) is 4.82. The van der Waals surface area contributed by atoms with Gasteiger partial charge in [0.1, 0.15) is 11.3 Å². The fraction of sp³-hybridized carbons (Fsp3) is 0.538. The van der Waals surface area contributed by atoms with Gasteiger partial charge in [-0.05, 0) is 25.5 Å². The molecular formula is C13H18N4. The lowest BCUT2D eigenvalue weighted by atomic mass is 9.97. The Morgan fingerprint density at radius 3 is 3.06 bits per heavy atom. The van der Waals surface area contributed by atoms with E-state index in [9.17, 15) is 0 Å². The zero-order valence-electron chi connectivity index (χ0n) is 10.3. The van der Waals surface area contributed by atoms with E-state index in [1.54, 1.807) is 0 Å².